The number of carbonyl (C=O) groups is 1. The zero-order valence-corrected chi connectivity index (χ0v) is 6.75. The smallest absolute Gasteiger partial charge is 0.154 e. The number of hydrogen-bond donors (Lipinski definition) is 1. The van der Waals surface area contributed by atoms with Crippen LogP contribution in [-0.2, 0) is 9.53 Å². The molecule has 0 aromatic rings. The number of ketones is 1. The zero-order chi connectivity index (χ0) is 8.27. The molecule has 1 aliphatic rings. The van der Waals surface area contributed by atoms with Crippen LogP contribution in [0.25, 0.3) is 0 Å². The molecule has 2 unspecified atom stereocenters. The highest BCUT2D eigenvalue weighted by molar-refractivity contribution is 5.86. The van der Waals surface area contributed by atoms with E-state index in [1.165, 1.54) is 7.11 Å². The fourth-order valence-corrected chi connectivity index (χ4v) is 1.23. The molecular weight excluding hydrogens is 144 g/mol. The molecule has 1 N–H and O–H groups in total. The minimum Gasteiger partial charge on any atom is -0.368 e. The summed E-state index contributed by atoms with van der Waals surface area (Å²) in [6, 6.07) is 0. The average molecular weight is 158 g/mol. The molecule has 1 fully saturated rings. The Morgan fingerprint density at radius 3 is 2.91 bits per heavy atom. The molecule has 1 rings (SSSR count). The third kappa shape index (κ3) is 2.27. The Balaban J connectivity index is 2.07. The molecule has 3 heteroatoms. The van der Waals surface area contributed by atoms with Gasteiger partial charge in [-0.3, -0.25) is 4.79 Å². The van der Waals surface area contributed by atoms with E-state index in [9.17, 15) is 4.79 Å². The summed E-state index contributed by atoms with van der Waals surface area (Å²) in [6.07, 6.45) is 2.38. The van der Waals surface area contributed by atoms with Gasteiger partial charge in [0.25, 0.3) is 0 Å². The van der Waals surface area contributed by atoms with E-state index in [4.69, 9.17) is 5.11 Å². The normalized spacial score (nSPS) is 26.4. The van der Waals surface area contributed by atoms with E-state index in [1.54, 1.807) is 0 Å². The number of aliphatic hydroxyl groups excluding tert-OH is 1. The lowest BCUT2D eigenvalue weighted by atomic mass is 9.80. The molecule has 0 aromatic heterocycles. The summed E-state index contributed by atoms with van der Waals surface area (Å²) in [6.45, 7) is 0. The second kappa shape index (κ2) is 3.83. The van der Waals surface area contributed by atoms with Gasteiger partial charge < -0.3 is 9.84 Å². The number of ether oxygens (including phenoxy) is 1. The zero-order valence-electron chi connectivity index (χ0n) is 6.75. The van der Waals surface area contributed by atoms with Crippen molar-refractivity contribution in [2.24, 2.45) is 5.92 Å². The van der Waals surface area contributed by atoms with Crippen LogP contribution in [0.5, 0.6) is 0 Å². The lowest BCUT2D eigenvalue weighted by Gasteiger charge is -2.24. The lowest BCUT2D eigenvalue weighted by Crippen LogP contribution is -2.26. The Kier molecular flexibility index (Phi) is 3.02. The largest absolute Gasteiger partial charge is 0.368 e. The maximum absolute atomic E-state index is 10.8. The fraction of sp³-hybridized carbons (Fsp3) is 0.875. The quantitative estimate of drug-likeness (QED) is 0.613. The third-order valence-electron chi connectivity index (χ3n) is 2.23. The van der Waals surface area contributed by atoms with Gasteiger partial charge in [0.2, 0.25) is 0 Å². The molecule has 64 valence electrons. The highest BCUT2D eigenvalue weighted by atomic mass is 16.6. The molecule has 0 spiro atoms. The van der Waals surface area contributed by atoms with Crippen molar-refractivity contribution in [2.75, 3.05) is 7.11 Å². The van der Waals surface area contributed by atoms with Crippen LogP contribution in [-0.4, -0.2) is 24.3 Å². The van der Waals surface area contributed by atoms with E-state index < -0.39 is 6.29 Å². The summed E-state index contributed by atoms with van der Waals surface area (Å²) in [4.78, 5) is 10.8. The summed E-state index contributed by atoms with van der Waals surface area (Å²) in [5.41, 5.74) is 0. The van der Waals surface area contributed by atoms with Crippen molar-refractivity contribution in [3.8, 4) is 0 Å². The maximum Gasteiger partial charge on any atom is 0.154 e. The van der Waals surface area contributed by atoms with Crippen LogP contribution < -0.4 is 0 Å². The second-order valence-electron chi connectivity index (χ2n) is 2.97. The standard InChI is InChI=1S/C8H14O3/c1-11-8(10)5-3-6-2-4-7(6)9/h6,8,10H,2-5H2,1H3. The van der Waals surface area contributed by atoms with Gasteiger partial charge in [0.15, 0.2) is 6.29 Å². The van der Waals surface area contributed by atoms with Gasteiger partial charge in [0.1, 0.15) is 5.78 Å². The predicted octanol–water partition coefficient (Wildman–Crippen LogP) is 0.710. The van der Waals surface area contributed by atoms with Crippen molar-refractivity contribution in [1.29, 1.82) is 0 Å². The lowest BCUT2D eigenvalue weighted by molar-refractivity contribution is -0.131. The third-order valence-corrected chi connectivity index (χ3v) is 2.23. The van der Waals surface area contributed by atoms with Gasteiger partial charge in [-0.15, -0.1) is 0 Å². The number of aliphatic hydroxyl groups is 1. The van der Waals surface area contributed by atoms with E-state index >= 15 is 0 Å². The van der Waals surface area contributed by atoms with Gasteiger partial charge in [-0.05, 0) is 19.3 Å². The van der Waals surface area contributed by atoms with Gasteiger partial charge in [-0.1, -0.05) is 0 Å². The van der Waals surface area contributed by atoms with E-state index in [0.717, 1.165) is 19.3 Å². The Morgan fingerprint density at radius 1 is 1.82 bits per heavy atom. The van der Waals surface area contributed by atoms with Crippen LogP contribution in [0.15, 0.2) is 0 Å². The number of hydrogen-bond acceptors (Lipinski definition) is 3. The minimum atomic E-state index is -0.691. The molecule has 0 radical (unpaired) electrons. The Bertz CT molecular complexity index is 144. The average Bonchev–Trinajstić information content (AvgIpc) is 2.01. The molecule has 0 saturated heterocycles. The number of carbonyl (C=O) groups excluding carboxylic acids is 1. The molecule has 0 aromatic carbocycles. The van der Waals surface area contributed by atoms with E-state index in [1.807, 2.05) is 0 Å². The summed E-state index contributed by atoms with van der Waals surface area (Å²) in [7, 11) is 1.47. The Labute approximate surface area is 66.4 Å². The maximum atomic E-state index is 10.8. The highest BCUT2D eigenvalue weighted by Crippen LogP contribution is 2.27. The fourth-order valence-electron chi connectivity index (χ4n) is 1.23. The van der Waals surface area contributed by atoms with Gasteiger partial charge in [0.05, 0.1) is 0 Å². The molecule has 3 nitrogen and oxygen atoms in total. The first kappa shape index (κ1) is 8.68. The number of Topliss-reactive ketones (excluding diaryl/α,β-unsaturated/α-hetero) is 1. The molecule has 1 aliphatic carbocycles. The molecule has 0 aliphatic heterocycles. The van der Waals surface area contributed by atoms with Gasteiger partial charge in [0, 0.05) is 19.4 Å². The first-order chi connectivity index (χ1) is 5.24. The van der Waals surface area contributed by atoms with Gasteiger partial charge in [-0.25, -0.2) is 0 Å². The topological polar surface area (TPSA) is 46.5 Å². The molecule has 0 bridgehead atoms. The minimum absolute atomic E-state index is 0.208. The van der Waals surface area contributed by atoms with E-state index in [2.05, 4.69) is 4.74 Å². The van der Waals surface area contributed by atoms with Crippen LogP contribution >= 0.6 is 0 Å². The van der Waals surface area contributed by atoms with Crippen LogP contribution in [0.4, 0.5) is 0 Å². The van der Waals surface area contributed by atoms with E-state index in [-0.39, 0.29) is 5.92 Å². The number of rotatable bonds is 4. The van der Waals surface area contributed by atoms with Crippen LogP contribution in [0, 0.1) is 5.92 Å². The van der Waals surface area contributed by atoms with Crippen LogP contribution in [0.2, 0.25) is 0 Å². The Hall–Kier alpha value is -0.410. The van der Waals surface area contributed by atoms with Crippen molar-refractivity contribution >= 4 is 5.78 Å². The summed E-state index contributed by atoms with van der Waals surface area (Å²) in [5.74, 6) is 0.549. The van der Waals surface area contributed by atoms with Crippen LogP contribution in [0.1, 0.15) is 25.7 Å². The van der Waals surface area contributed by atoms with E-state index in [0.29, 0.717) is 12.2 Å². The molecule has 0 heterocycles. The van der Waals surface area contributed by atoms with Crippen LogP contribution in [0.3, 0.4) is 0 Å². The molecule has 2 atom stereocenters. The molecule has 0 amide bonds. The number of methoxy groups -OCH3 is 1. The summed E-state index contributed by atoms with van der Waals surface area (Å²) in [5, 5.41) is 8.98. The first-order valence-electron chi connectivity index (χ1n) is 3.97. The summed E-state index contributed by atoms with van der Waals surface area (Å²) >= 11 is 0. The highest BCUT2D eigenvalue weighted by Gasteiger charge is 2.27. The van der Waals surface area contributed by atoms with Gasteiger partial charge >= 0.3 is 0 Å². The van der Waals surface area contributed by atoms with Gasteiger partial charge in [-0.2, -0.15) is 0 Å². The molecular formula is C8H14O3. The van der Waals surface area contributed by atoms with Crippen molar-refractivity contribution < 1.29 is 14.6 Å². The first-order valence-corrected chi connectivity index (χ1v) is 3.97. The monoisotopic (exact) mass is 158 g/mol. The predicted molar refractivity (Wildman–Crippen MR) is 40.0 cm³/mol. The van der Waals surface area contributed by atoms with Crippen molar-refractivity contribution in [1.82, 2.24) is 0 Å². The molecule has 11 heavy (non-hydrogen) atoms. The van der Waals surface area contributed by atoms with Crippen molar-refractivity contribution in [3.05, 3.63) is 0 Å². The van der Waals surface area contributed by atoms with Crippen molar-refractivity contribution in [3.63, 3.8) is 0 Å². The van der Waals surface area contributed by atoms with Crippen molar-refractivity contribution in [2.45, 2.75) is 32.0 Å². The second-order valence-corrected chi connectivity index (χ2v) is 2.97. The SMILES string of the molecule is COC(O)CCC1CCC1=O. The Morgan fingerprint density at radius 2 is 2.55 bits per heavy atom. The molecule has 1 saturated carbocycles. The summed E-state index contributed by atoms with van der Waals surface area (Å²) < 4.78 is 4.65.